The summed E-state index contributed by atoms with van der Waals surface area (Å²) >= 11 is 0. The van der Waals surface area contributed by atoms with Gasteiger partial charge in [0.05, 0.1) is 0 Å². The molecule has 0 aromatic rings. The van der Waals surface area contributed by atoms with E-state index in [1.54, 1.807) is 14.1 Å². The molecule has 0 aliphatic carbocycles. The summed E-state index contributed by atoms with van der Waals surface area (Å²) in [6, 6.07) is 0. The molecule has 4 heteroatoms. The monoisotopic (exact) mass is 198 g/mol. The van der Waals surface area contributed by atoms with Gasteiger partial charge in [-0.05, 0) is 31.8 Å². The number of rotatable bonds is 1. The smallest absolute Gasteiger partial charge is 0.409 e. The topological polar surface area (TPSA) is 32.8 Å². The van der Waals surface area contributed by atoms with Crippen LogP contribution in [0.15, 0.2) is 0 Å². The number of hydrogen-bond donors (Lipinski definition) is 0. The minimum absolute atomic E-state index is 0.132. The zero-order valence-corrected chi connectivity index (χ0v) is 8.90. The molecule has 1 unspecified atom stereocenters. The summed E-state index contributed by atoms with van der Waals surface area (Å²) in [5, 5.41) is 0. The molecule has 3 aliphatic rings. The Balaban J connectivity index is 1.90. The normalized spacial score (nSPS) is 35.4. The van der Waals surface area contributed by atoms with E-state index in [1.165, 1.54) is 30.8 Å². The molecule has 3 saturated heterocycles. The van der Waals surface area contributed by atoms with Crippen LogP contribution in [0.2, 0.25) is 0 Å². The third kappa shape index (κ3) is 1.85. The van der Waals surface area contributed by atoms with Gasteiger partial charge >= 0.3 is 6.09 Å². The highest BCUT2D eigenvalue weighted by atomic mass is 16.6. The predicted octanol–water partition coefficient (Wildman–Crippen LogP) is 0.779. The number of nitrogens with zero attached hydrogens (tertiary/aromatic N) is 2. The standard InChI is InChI=1S/C10H18N2O2/c1-11(2)10(13)14-9-7-12-5-3-8(9)4-6-12/h8-9H,3-7H2,1-2H3. The molecular weight excluding hydrogens is 180 g/mol. The van der Waals surface area contributed by atoms with Gasteiger partial charge in [-0.1, -0.05) is 0 Å². The van der Waals surface area contributed by atoms with Crippen molar-refractivity contribution in [2.24, 2.45) is 5.92 Å². The van der Waals surface area contributed by atoms with Crippen LogP contribution in [0.3, 0.4) is 0 Å². The van der Waals surface area contributed by atoms with Gasteiger partial charge < -0.3 is 9.64 Å². The van der Waals surface area contributed by atoms with Crippen molar-refractivity contribution in [1.82, 2.24) is 9.80 Å². The van der Waals surface area contributed by atoms with E-state index in [0.29, 0.717) is 5.92 Å². The zero-order chi connectivity index (χ0) is 10.1. The fourth-order valence-electron chi connectivity index (χ4n) is 2.28. The molecule has 0 spiro atoms. The Hall–Kier alpha value is -0.770. The highest BCUT2D eigenvalue weighted by Gasteiger charge is 2.36. The SMILES string of the molecule is CN(C)C(=O)OC1CN2CCC1CC2. The van der Waals surface area contributed by atoms with E-state index in [4.69, 9.17) is 4.74 Å². The molecular formula is C10H18N2O2. The van der Waals surface area contributed by atoms with Crippen molar-refractivity contribution < 1.29 is 9.53 Å². The van der Waals surface area contributed by atoms with Gasteiger partial charge in [0, 0.05) is 20.6 Å². The molecule has 3 rings (SSSR count). The Morgan fingerprint density at radius 2 is 2.00 bits per heavy atom. The summed E-state index contributed by atoms with van der Waals surface area (Å²) in [6.45, 7) is 3.30. The maximum atomic E-state index is 11.4. The molecule has 14 heavy (non-hydrogen) atoms. The molecule has 0 aromatic carbocycles. The van der Waals surface area contributed by atoms with Crippen molar-refractivity contribution in [1.29, 1.82) is 0 Å². The summed E-state index contributed by atoms with van der Waals surface area (Å²) in [5.41, 5.74) is 0. The molecule has 3 fully saturated rings. The van der Waals surface area contributed by atoms with Crippen LogP contribution in [0.5, 0.6) is 0 Å². The van der Waals surface area contributed by atoms with Gasteiger partial charge in [-0.25, -0.2) is 4.79 Å². The Morgan fingerprint density at radius 1 is 1.36 bits per heavy atom. The first kappa shape index (κ1) is 9.77. The number of carbonyl (C=O) groups is 1. The zero-order valence-electron chi connectivity index (χ0n) is 8.90. The summed E-state index contributed by atoms with van der Waals surface area (Å²) in [6.07, 6.45) is 2.30. The first-order valence-corrected chi connectivity index (χ1v) is 5.27. The molecule has 1 atom stereocenters. The first-order chi connectivity index (χ1) is 6.66. The van der Waals surface area contributed by atoms with Gasteiger partial charge in [0.2, 0.25) is 0 Å². The van der Waals surface area contributed by atoms with E-state index in [-0.39, 0.29) is 12.2 Å². The molecule has 3 heterocycles. The Morgan fingerprint density at radius 3 is 2.43 bits per heavy atom. The van der Waals surface area contributed by atoms with E-state index in [0.717, 1.165) is 6.54 Å². The van der Waals surface area contributed by atoms with Crippen LogP contribution in [-0.2, 0) is 4.74 Å². The van der Waals surface area contributed by atoms with Gasteiger partial charge in [-0.15, -0.1) is 0 Å². The van der Waals surface area contributed by atoms with Gasteiger partial charge in [0.1, 0.15) is 6.10 Å². The Bertz CT molecular complexity index is 222. The largest absolute Gasteiger partial charge is 0.444 e. The van der Waals surface area contributed by atoms with E-state index in [2.05, 4.69) is 4.90 Å². The second kappa shape index (κ2) is 3.77. The number of ether oxygens (including phenoxy) is 1. The second-order valence-corrected chi connectivity index (χ2v) is 4.45. The van der Waals surface area contributed by atoms with Gasteiger partial charge in [-0.2, -0.15) is 0 Å². The van der Waals surface area contributed by atoms with Crippen molar-refractivity contribution in [2.75, 3.05) is 33.7 Å². The van der Waals surface area contributed by atoms with Crippen LogP contribution in [-0.4, -0.2) is 55.7 Å². The number of fused-ring (bicyclic) bond motifs is 3. The van der Waals surface area contributed by atoms with Crippen molar-refractivity contribution in [2.45, 2.75) is 18.9 Å². The van der Waals surface area contributed by atoms with Crippen LogP contribution < -0.4 is 0 Å². The molecule has 0 saturated carbocycles. The molecule has 80 valence electrons. The van der Waals surface area contributed by atoms with Crippen LogP contribution in [0.4, 0.5) is 4.79 Å². The molecule has 0 radical (unpaired) electrons. The lowest BCUT2D eigenvalue weighted by atomic mass is 9.86. The summed E-state index contributed by atoms with van der Waals surface area (Å²) < 4.78 is 5.43. The Kier molecular flexibility index (Phi) is 2.63. The lowest BCUT2D eigenvalue weighted by Crippen LogP contribution is -2.52. The van der Waals surface area contributed by atoms with E-state index >= 15 is 0 Å². The van der Waals surface area contributed by atoms with Crippen LogP contribution in [0, 0.1) is 5.92 Å². The molecule has 1 amide bonds. The van der Waals surface area contributed by atoms with E-state index < -0.39 is 0 Å². The maximum Gasteiger partial charge on any atom is 0.409 e. The number of carbonyl (C=O) groups excluding carboxylic acids is 1. The first-order valence-electron chi connectivity index (χ1n) is 5.27. The van der Waals surface area contributed by atoms with Crippen molar-refractivity contribution >= 4 is 6.09 Å². The van der Waals surface area contributed by atoms with Crippen LogP contribution in [0.25, 0.3) is 0 Å². The Labute approximate surface area is 84.8 Å². The quantitative estimate of drug-likeness (QED) is 0.624. The fraction of sp³-hybridized carbons (Fsp3) is 0.900. The molecule has 0 aromatic heterocycles. The minimum Gasteiger partial charge on any atom is -0.444 e. The predicted molar refractivity (Wildman–Crippen MR) is 53.1 cm³/mol. The third-order valence-corrected chi connectivity index (χ3v) is 3.21. The number of piperidine rings is 3. The van der Waals surface area contributed by atoms with Gasteiger partial charge in [0.15, 0.2) is 0 Å². The van der Waals surface area contributed by atoms with Crippen LogP contribution in [0.1, 0.15) is 12.8 Å². The van der Waals surface area contributed by atoms with Gasteiger partial charge in [0.25, 0.3) is 0 Å². The van der Waals surface area contributed by atoms with Crippen molar-refractivity contribution in [3.05, 3.63) is 0 Å². The number of hydrogen-bond acceptors (Lipinski definition) is 3. The lowest BCUT2D eigenvalue weighted by molar-refractivity contribution is -0.0403. The summed E-state index contributed by atoms with van der Waals surface area (Å²) in [5.74, 6) is 0.601. The van der Waals surface area contributed by atoms with E-state index in [1.807, 2.05) is 0 Å². The van der Waals surface area contributed by atoms with Crippen molar-refractivity contribution in [3.63, 3.8) is 0 Å². The maximum absolute atomic E-state index is 11.4. The summed E-state index contributed by atoms with van der Waals surface area (Å²) in [7, 11) is 3.45. The van der Waals surface area contributed by atoms with Gasteiger partial charge in [-0.3, -0.25) is 4.90 Å². The molecule has 3 aliphatic heterocycles. The van der Waals surface area contributed by atoms with Crippen molar-refractivity contribution in [3.8, 4) is 0 Å². The molecule has 2 bridgehead atoms. The van der Waals surface area contributed by atoms with E-state index in [9.17, 15) is 4.79 Å². The fourth-order valence-corrected chi connectivity index (χ4v) is 2.28. The second-order valence-electron chi connectivity index (χ2n) is 4.45. The molecule has 4 nitrogen and oxygen atoms in total. The van der Waals surface area contributed by atoms with Crippen LogP contribution >= 0.6 is 0 Å². The molecule has 0 N–H and O–H groups in total. The number of amides is 1. The summed E-state index contributed by atoms with van der Waals surface area (Å²) in [4.78, 5) is 15.3. The lowest BCUT2D eigenvalue weighted by Gasteiger charge is -2.44. The average molecular weight is 198 g/mol. The highest BCUT2D eigenvalue weighted by molar-refractivity contribution is 5.67. The third-order valence-electron chi connectivity index (χ3n) is 3.21. The minimum atomic E-state index is -0.205. The average Bonchev–Trinajstić information content (AvgIpc) is 2.19. The highest BCUT2D eigenvalue weighted by Crippen LogP contribution is 2.29.